The van der Waals surface area contributed by atoms with E-state index < -0.39 is 10.0 Å². The number of rotatable bonds is 8. The summed E-state index contributed by atoms with van der Waals surface area (Å²) in [6.07, 6.45) is 3.22. The minimum Gasteiger partial charge on any atom is -0.495 e. The lowest BCUT2D eigenvalue weighted by Crippen LogP contribution is -2.33. The normalized spacial score (nSPS) is 15.3. The number of hydrogen-bond donors (Lipinski definition) is 0. The maximum absolute atomic E-state index is 13.2. The van der Waals surface area contributed by atoms with Crippen LogP contribution < -0.4 is 9.04 Å². The van der Waals surface area contributed by atoms with Crippen molar-refractivity contribution in [1.82, 2.24) is 4.90 Å². The van der Waals surface area contributed by atoms with Crippen LogP contribution in [0.1, 0.15) is 35.4 Å². The van der Waals surface area contributed by atoms with Crippen LogP contribution in [0.25, 0.3) is 0 Å². The lowest BCUT2D eigenvalue weighted by Gasteiger charge is -2.34. The second kappa shape index (κ2) is 10.6. The molecule has 4 rings (SSSR count). The van der Waals surface area contributed by atoms with E-state index >= 15 is 0 Å². The molecule has 3 aromatic rings. The highest BCUT2D eigenvalue weighted by molar-refractivity contribution is 7.92. The number of ether oxygens (including phenoxy) is 1. The monoisotopic (exact) mass is 482 g/mol. The molecule has 0 amide bonds. The first-order chi connectivity index (χ1) is 16.3. The van der Waals surface area contributed by atoms with Gasteiger partial charge < -0.3 is 4.74 Å². The summed E-state index contributed by atoms with van der Waals surface area (Å²) in [6.45, 7) is 2.95. The Bertz CT molecular complexity index is 1210. The summed E-state index contributed by atoms with van der Waals surface area (Å²) in [6, 6.07) is 22.0. The number of methoxy groups -OCH3 is 1. The van der Waals surface area contributed by atoms with Crippen molar-refractivity contribution in [2.24, 2.45) is 0 Å². The van der Waals surface area contributed by atoms with Gasteiger partial charge in [-0.2, -0.15) is 0 Å². The lowest BCUT2D eigenvalue weighted by atomic mass is 9.86. The molecule has 5 nitrogen and oxygen atoms in total. The SMILES string of the molecule is COc1ccccc1N(Cc1ccccc1C1CCN(Cc2ccc(F)cc2)CC1)S(C)(=O)=O. The summed E-state index contributed by atoms with van der Waals surface area (Å²) >= 11 is 0. The lowest BCUT2D eigenvalue weighted by molar-refractivity contribution is 0.204. The Balaban J connectivity index is 1.51. The summed E-state index contributed by atoms with van der Waals surface area (Å²) in [5, 5.41) is 0. The minimum atomic E-state index is -3.52. The van der Waals surface area contributed by atoms with Crippen LogP contribution in [0, 0.1) is 5.82 Å². The van der Waals surface area contributed by atoms with Crippen molar-refractivity contribution in [1.29, 1.82) is 0 Å². The Kier molecular flexibility index (Phi) is 7.54. The fraction of sp³-hybridized carbons (Fsp3) is 0.333. The first-order valence-corrected chi connectivity index (χ1v) is 13.4. The molecule has 0 unspecified atom stereocenters. The predicted octanol–water partition coefficient (Wildman–Crippen LogP) is 5.18. The molecule has 0 aliphatic carbocycles. The standard InChI is InChI=1S/C27H31FN2O3S/c1-33-27-10-6-5-9-26(27)30(34(2,31)32)20-23-7-3-4-8-25(23)22-15-17-29(18-16-22)19-21-11-13-24(28)14-12-21/h3-14,22H,15-20H2,1-2H3. The molecule has 34 heavy (non-hydrogen) atoms. The van der Waals surface area contributed by atoms with Gasteiger partial charge in [0.15, 0.2) is 0 Å². The third kappa shape index (κ3) is 5.77. The van der Waals surface area contributed by atoms with Gasteiger partial charge in [-0.05, 0) is 72.8 Å². The molecule has 1 heterocycles. The highest BCUT2D eigenvalue weighted by Crippen LogP contribution is 2.35. The molecule has 0 atom stereocenters. The van der Waals surface area contributed by atoms with Crippen molar-refractivity contribution in [2.75, 3.05) is 30.8 Å². The van der Waals surface area contributed by atoms with Crippen molar-refractivity contribution >= 4 is 15.7 Å². The van der Waals surface area contributed by atoms with Gasteiger partial charge in [-0.1, -0.05) is 48.5 Å². The third-order valence-electron chi connectivity index (χ3n) is 6.47. The zero-order chi connectivity index (χ0) is 24.1. The van der Waals surface area contributed by atoms with Crippen molar-refractivity contribution in [3.63, 3.8) is 0 Å². The van der Waals surface area contributed by atoms with Crippen LogP contribution in [0.2, 0.25) is 0 Å². The molecule has 1 fully saturated rings. The average Bonchev–Trinajstić information content (AvgIpc) is 2.84. The van der Waals surface area contributed by atoms with E-state index in [9.17, 15) is 12.8 Å². The topological polar surface area (TPSA) is 49.9 Å². The van der Waals surface area contributed by atoms with Gasteiger partial charge in [-0.25, -0.2) is 12.8 Å². The van der Waals surface area contributed by atoms with Crippen molar-refractivity contribution < 1.29 is 17.5 Å². The van der Waals surface area contributed by atoms with Gasteiger partial charge in [-0.3, -0.25) is 9.21 Å². The summed E-state index contributed by atoms with van der Waals surface area (Å²) in [5.41, 5.74) is 3.86. The van der Waals surface area contributed by atoms with E-state index in [1.54, 1.807) is 19.2 Å². The molecule has 1 aliphatic rings. The molecule has 3 aromatic carbocycles. The van der Waals surface area contributed by atoms with Gasteiger partial charge in [0.2, 0.25) is 10.0 Å². The molecular weight excluding hydrogens is 451 g/mol. The number of benzene rings is 3. The minimum absolute atomic E-state index is 0.213. The zero-order valence-corrected chi connectivity index (χ0v) is 20.5. The van der Waals surface area contributed by atoms with Crippen LogP contribution >= 0.6 is 0 Å². The third-order valence-corrected chi connectivity index (χ3v) is 7.60. The first kappa shape index (κ1) is 24.2. The molecule has 180 valence electrons. The van der Waals surface area contributed by atoms with Gasteiger partial charge in [-0.15, -0.1) is 0 Å². The smallest absolute Gasteiger partial charge is 0.232 e. The van der Waals surface area contributed by atoms with E-state index in [0.717, 1.165) is 43.6 Å². The van der Waals surface area contributed by atoms with Crippen LogP contribution in [0.4, 0.5) is 10.1 Å². The van der Waals surface area contributed by atoms with Crippen LogP contribution in [0.15, 0.2) is 72.8 Å². The molecule has 0 bridgehead atoms. The molecule has 0 radical (unpaired) electrons. The van der Waals surface area contributed by atoms with E-state index in [1.165, 1.54) is 28.3 Å². The van der Waals surface area contributed by atoms with E-state index in [0.29, 0.717) is 17.4 Å². The Morgan fingerprint density at radius 3 is 2.29 bits per heavy atom. The van der Waals surface area contributed by atoms with Crippen LogP contribution in [0.3, 0.4) is 0 Å². The van der Waals surface area contributed by atoms with Gasteiger partial charge in [0, 0.05) is 6.54 Å². The van der Waals surface area contributed by atoms with Crippen molar-refractivity contribution in [3.05, 3.63) is 95.3 Å². The number of anilines is 1. The van der Waals surface area contributed by atoms with Crippen molar-refractivity contribution in [2.45, 2.75) is 31.8 Å². The molecule has 1 aliphatic heterocycles. The summed E-state index contributed by atoms with van der Waals surface area (Å²) in [5.74, 6) is 0.676. The summed E-state index contributed by atoms with van der Waals surface area (Å²) in [4.78, 5) is 2.39. The van der Waals surface area contributed by atoms with Gasteiger partial charge in [0.1, 0.15) is 11.6 Å². The molecule has 0 aromatic heterocycles. The van der Waals surface area contributed by atoms with E-state index in [2.05, 4.69) is 11.0 Å². The van der Waals surface area contributed by atoms with Gasteiger partial charge in [0.05, 0.1) is 25.6 Å². The first-order valence-electron chi connectivity index (χ1n) is 11.5. The number of halogens is 1. The maximum Gasteiger partial charge on any atom is 0.232 e. The molecule has 0 spiro atoms. The number of nitrogens with zero attached hydrogens (tertiary/aromatic N) is 2. The predicted molar refractivity (Wildman–Crippen MR) is 134 cm³/mol. The fourth-order valence-electron chi connectivity index (χ4n) is 4.70. The highest BCUT2D eigenvalue weighted by atomic mass is 32.2. The molecule has 1 saturated heterocycles. The van der Waals surface area contributed by atoms with Gasteiger partial charge in [0.25, 0.3) is 0 Å². The zero-order valence-electron chi connectivity index (χ0n) is 19.7. The summed E-state index contributed by atoms with van der Waals surface area (Å²) in [7, 11) is -1.98. The van der Waals surface area contributed by atoms with E-state index in [-0.39, 0.29) is 12.4 Å². The molecule has 7 heteroatoms. The number of likely N-dealkylation sites (tertiary alicyclic amines) is 1. The Labute approximate surface area is 201 Å². The quantitative estimate of drug-likeness (QED) is 0.444. The Morgan fingerprint density at radius 1 is 0.971 bits per heavy atom. The Morgan fingerprint density at radius 2 is 1.62 bits per heavy atom. The van der Waals surface area contributed by atoms with E-state index in [4.69, 9.17) is 4.74 Å². The van der Waals surface area contributed by atoms with Gasteiger partial charge >= 0.3 is 0 Å². The molecular formula is C27H31FN2O3S. The average molecular weight is 483 g/mol. The number of piperidine rings is 1. The summed E-state index contributed by atoms with van der Waals surface area (Å²) < 4.78 is 45.6. The largest absolute Gasteiger partial charge is 0.495 e. The molecule has 0 N–H and O–H groups in total. The van der Waals surface area contributed by atoms with E-state index in [1.807, 2.05) is 42.5 Å². The van der Waals surface area contributed by atoms with Crippen LogP contribution in [0.5, 0.6) is 5.75 Å². The highest BCUT2D eigenvalue weighted by Gasteiger charge is 2.26. The molecule has 0 saturated carbocycles. The second-order valence-electron chi connectivity index (χ2n) is 8.82. The Hall–Kier alpha value is -2.90. The van der Waals surface area contributed by atoms with Crippen LogP contribution in [-0.4, -0.2) is 39.8 Å². The fourth-order valence-corrected chi connectivity index (χ4v) is 5.58. The second-order valence-corrected chi connectivity index (χ2v) is 10.7. The maximum atomic E-state index is 13.2. The number of para-hydroxylation sites is 2. The number of hydrogen-bond acceptors (Lipinski definition) is 4. The van der Waals surface area contributed by atoms with Crippen LogP contribution in [-0.2, 0) is 23.1 Å². The van der Waals surface area contributed by atoms with Crippen molar-refractivity contribution in [3.8, 4) is 5.75 Å². The number of sulfonamides is 1.